The molecule has 0 heterocycles. The number of nitrogens with zero attached hydrogens (tertiary/aromatic N) is 1. The Bertz CT molecular complexity index is 489. The summed E-state index contributed by atoms with van der Waals surface area (Å²) >= 11 is 0. The average Bonchev–Trinajstić information content (AvgIpc) is 2.45. The smallest absolute Gasteiger partial charge is 0.340 e. The fourth-order valence-corrected chi connectivity index (χ4v) is 1.84. The van der Waals surface area contributed by atoms with Gasteiger partial charge in [-0.15, -0.1) is 0 Å². The summed E-state index contributed by atoms with van der Waals surface area (Å²) in [7, 11) is 1.31. The molecule has 20 heavy (non-hydrogen) atoms. The number of benzene rings is 1. The van der Waals surface area contributed by atoms with Crippen molar-refractivity contribution in [3.63, 3.8) is 0 Å². The molecule has 0 aliphatic carbocycles. The number of hydrogen-bond donors (Lipinski definition) is 2. The summed E-state index contributed by atoms with van der Waals surface area (Å²) in [5.74, 6) is -0.552. The van der Waals surface area contributed by atoms with Gasteiger partial charge in [-0.05, 0) is 32.0 Å². The summed E-state index contributed by atoms with van der Waals surface area (Å²) in [6, 6.07) is 5.07. The molecule has 6 heteroatoms. The van der Waals surface area contributed by atoms with Gasteiger partial charge in [0.2, 0.25) is 5.91 Å². The zero-order valence-corrected chi connectivity index (χ0v) is 12.1. The Labute approximate surface area is 118 Å². The first-order valence-electron chi connectivity index (χ1n) is 6.52. The molecular weight excluding hydrogens is 258 g/mol. The number of carbonyl (C=O) groups excluding carboxylic acids is 2. The Kier molecular flexibility index (Phi) is 5.83. The standard InChI is InChI=1S/C14H21N3O3/c1-4-16-13(18)9-17(5-2)10-6-7-12(15)11(8-10)14(19)20-3/h6-8H,4-5,9,15H2,1-3H3,(H,16,18). The van der Waals surface area contributed by atoms with Crippen molar-refractivity contribution in [3.8, 4) is 0 Å². The Balaban J connectivity index is 2.98. The van der Waals surface area contributed by atoms with Crippen LogP contribution in [0.3, 0.4) is 0 Å². The minimum atomic E-state index is -0.488. The van der Waals surface area contributed by atoms with Crippen LogP contribution in [0, 0.1) is 0 Å². The van der Waals surface area contributed by atoms with Gasteiger partial charge in [0.05, 0.1) is 19.2 Å². The molecule has 0 saturated carbocycles. The minimum Gasteiger partial charge on any atom is -0.465 e. The van der Waals surface area contributed by atoms with Crippen LogP contribution in [0.15, 0.2) is 18.2 Å². The number of nitrogen functional groups attached to an aromatic ring is 1. The van der Waals surface area contributed by atoms with Gasteiger partial charge in [-0.25, -0.2) is 4.79 Å². The molecule has 0 aliphatic rings. The number of nitrogens with two attached hydrogens (primary N) is 1. The highest BCUT2D eigenvalue weighted by atomic mass is 16.5. The van der Waals surface area contributed by atoms with E-state index in [1.54, 1.807) is 18.2 Å². The van der Waals surface area contributed by atoms with Crippen molar-refractivity contribution in [2.75, 3.05) is 37.4 Å². The first-order valence-corrected chi connectivity index (χ1v) is 6.52. The number of hydrogen-bond acceptors (Lipinski definition) is 5. The third-order valence-electron chi connectivity index (χ3n) is 2.90. The second kappa shape index (κ2) is 7.37. The van der Waals surface area contributed by atoms with Crippen molar-refractivity contribution in [1.82, 2.24) is 5.32 Å². The van der Waals surface area contributed by atoms with Crippen LogP contribution in [0.5, 0.6) is 0 Å². The van der Waals surface area contributed by atoms with E-state index in [0.29, 0.717) is 24.3 Å². The summed E-state index contributed by atoms with van der Waals surface area (Å²) < 4.78 is 4.69. The van der Waals surface area contributed by atoms with E-state index >= 15 is 0 Å². The van der Waals surface area contributed by atoms with E-state index in [1.165, 1.54) is 7.11 Å². The van der Waals surface area contributed by atoms with E-state index < -0.39 is 5.97 Å². The van der Waals surface area contributed by atoms with Crippen molar-refractivity contribution in [1.29, 1.82) is 0 Å². The Morgan fingerprint density at radius 2 is 2.05 bits per heavy atom. The molecule has 0 unspecified atom stereocenters. The average molecular weight is 279 g/mol. The summed E-state index contributed by atoms with van der Waals surface area (Å²) in [6.45, 7) is 5.27. The van der Waals surface area contributed by atoms with Crippen molar-refractivity contribution >= 4 is 23.3 Å². The molecule has 0 aliphatic heterocycles. The highest BCUT2D eigenvalue weighted by Crippen LogP contribution is 2.21. The highest BCUT2D eigenvalue weighted by molar-refractivity contribution is 5.96. The van der Waals surface area contributed by atoms with Crippen LogP contribution in [0.25, 0.3) is 0 Å². The first kappa shape index (κ1) is 15.8. The predicted octanol–water partition coefficient (Wildman–Crippen LogP) is 1.02. The van der Waals surface area contributed by atoms with Crippen molar-refractivity contribution in [2.24, 2.45) is 0 Å². The first-order chi connectivity index (χ1) is 9.53. The molecule has 1 amide bonds. The number of anilines is 2. The molecule has 1 rings (SSSR count). The van der Waals surface area contributed by atoms with E-state index in [9.17, 15) is 9.59 Å². The van der Waals surface area contributed by atoms with Gasteiger partial charge in [0, 0.05) is 24.5 Å². The number of esters is 1. The molecule has 1 aromatic carbocycles. The van der Waals surface area contributed by atoms with Crippen LogP contribution < -0.4 is 16.0 Å². The topological polar surface area (TPSA) is 84.7 Å². The highest BCUT2D eigenvalue weighted by Gasteiger charge is 2.15. The van der Waals surface area contributed by atoms with Gasteiger partial charge < -0.3 is 20.7 Å². The third kappa shape index (κ3) is 3.88. The van der Waals surface area contributed by atoms with Crippen molar-refractivity contribution in [3.05, 3.63) is 23.8 Å². The largest absolute Gasteiger partial charge is 0.465 e. The molecule has 110 valence electrons. The van der Waals surface area contributed by atoms with Gasteiger partial charge in [-0.1, -0.05) is 0 Å². The third-order valence-corrected chi connectivity index (χ3v) is 2.90. The number of rotatable bonds is 6. The lowest BCUT2D eigenvalue weighted by Gasteiger charge is -2.23. The van der Waals surface area contributed by atoms with Crippen molar-refractivity contribution < 1.29 is 14.3 Å². The van der Waals surface area contributed by atoms with E-state index in [0.717, 1.165) is 5.69 Å². The molecule has 0 bridgehead atoms. The van der Waals surface area contributed by atoms with Crippen molar-refractivity contribution in [2.45, 2.75) is 13.8 Å². The monoisotopic (exact) mass is 279 g/mol. The van der Waals surface area contributed by atoms with E-state index in [1.807, 2.05) is 18.7 Å². The van der Waals surface area contributed by atoms with Crippen LogP contribution in [-0.2, 0) is 9.53 Å². The van der Waals surface area contributed by atoms with Gasteiger partial charge in [-0.3, -0.25) is 4.79 Å². The molecule has 0 fully saturated rings. The number of ether oxygens (including phenoxy) is 1. The second-order valence-electron chi connectivity index (χ2n) is 4.23. The zero-order valence-electron chi connectivity index (χ0n) is 12.1. The quantitative estimate of drug-likeness (QED) is 0.600. The van der Waals surface area contributed by atoms with E-state index in [2.05, 4.69) is 10.1 Å². The van der Waals surface area contributed by atoms with E-state index in [4.69, 9.17) is 5.73 Å². The van der Waals surface area contributed by atoms with Gasteiger partial charge in [-0.2, -0.15) is 0 Å². The zero-order chi connectivity index (χ0) is 15.1. The van der Waals surface area contributed by atoms with Gasteiger partial charge in [0.1, 0.15) is 0 Å². The molecule has 0 radical (unpaired) electrons. The number of amides is 1. The number of carbonyl (C=O) groups is 2. The van der Waals surface area contributed by atoms with Crippen LogP contribution in [0.1, 0.15) is 24.2 Å². The fraction of sp³-hybridized carbons (Fsp3) is 0.429. The Morgan fingerprint density at radius 3 is 2.60 bits per heavy atom. The lowest BCUT2D eigenvalue weighted by Crippen LogP contribution is -2.37. The molecule has 1 aromatic rings. The second-order valence-corrected chi connectivity index (χ2v) is 4.23. The maximum Gasteiger partial charge on any atom is 0.340 e. The van der Waals surface area contributed by atoms with Crippen LogP contribution >= 0.6 is 0 Å². The number of likely N-dealkylation sites (N-methyl/N-ethyl adjacent to an activating group) is 2. The molecule has 0 atom stereocenters. The summed E-state index contributed by atoms with van der Waals surface area (Å²) in [4.78, 5) is 25.1. The SMILES string of the molecule is CCNC(=O)CN(CC)c1ccc(N)c(C(=O)OC)c1. The fourth-order valence-electron chi connectivity index (χ4n) is 1.84. The number of methoxy groups -OCH3 is 1. The number of nitrogens with one attached hydrogen (secondary N) is 1. The lowest BCUT2D eigenvalue weighted by molar-refractivity contribution is -0.119. The maximum atomic E-state index is 11.7. The Morgan fingerprint density at radius 1 is 1.35 bits per heavy atom. The van der Waals surface area contributed by atoms with Crippen LogP contribution in [0.4, 0.5) is 11.4 Å². The van der Waals surface area contributed by atoms with Crippen LogP contribution in [0.2, 0.25) is 0 Å². The van der Waals surface area contributed by atoms with Crippen LogP contribution in [-0.4, -0.2) is 38.6 Å². The lowest BCUT2D eigenvalue weighted by atomic mass is 10.1. The summed E-state index contributed by atoms with van der Waals surface area (Å²) in [5, 5.41) is 2.74. The normalized spacial score (nSPS) is 9.95. The molecular formula is C14H21N3O3. The molecule has 6 nitrogen and oxygen atoms in total. The summed E-state index contributed by atoms with van der Waals surface area (Å²) in [6.07, 6.45) is 0. The maximum absolute atomic E-state index is 11.7. The molecule has 3 N–H and O–H groups in total. The Hall–Kier alpha value is -2.24. The predicted molar refractivity (Wildman–Crippen MR) is 78.8 cm³/mol. The molecule has 0 saturated heterocycles. The van der Waals surface area contributed by atoms with E-state index in [-0.39, 0.29) is 12.5 Å². The van der Waals surface area contributed by atoms with Gasteiger partial charge in [0.25, 0.3) is 0 Å². The summed E-state index contributed by atoms with van der Waals surface area (Å²) in [5.41, 5.74) is 7.18. The molecule has 0 aromatic heterocycles. The van der Waals surface area contributed by atoms with Gasteiger partial charge >= 0.3 is 5.97 Å². The minimum absolute atomic E-state index is 0.0641. The van der Waals surface area contributed by atoms with Gasteiger partial charge in [0.15, 0.2) is 0 Å². The molecule has 0 spiro atoms.